The first kappa shape index (κ1) is 23.1. The van der Waals surface area contributed by atoms with Crippen LogP contribution in [0, 0.1) is 5.82 Å². The van der Waals surface area contributed by atoms with Gasteiger partial charge in [0.05, 0.1) is 10.0 Å². The Hall–Kier alpha value is -2.59. The normalized spacial score (nSPS) is 10.6. The van der Waals surface area contributed by atoms with E-state index in [1.165, 1.54) is 12.1 Å². The number of alkyl halides is 1. The number of amides is 3. The molecule has 0 radical (unpaired) electrons. The second-order valence-corrected chi connectivity index (χ2v) is 8.11. The van der Waals surface area contributed by atoms with Gasteiger partial charge in [-0.2, -0.15) is 0 Å². The van der Waals surface area contributed by atoms with Gasteiger partial charge in [-0.05, 0) is 36.4 Å². The summed E-state index contributed by atoms with van der Waals surface area (Å²) in [6.45, 7) is -0.308. The van der Waals surface area contributed by atoms with Gasteiger partial charge in [-0.1, -0.05) is 23.2 Å². The number of anilines is 1. The molecule has 0 atom stereocenters. The third-order valence-electron chi connectivity index (χ3n) is 3.82. The molecular formula is C19H13Cl3FN3O4S. The van der Waals surface area contributed by atoms with Crippen LogP contribution in [0.15, 0.2) is 36.4 Å². The van der Waals surface area contributed by atoms with Crippen LogP contribution in [0.5, 0.6) is 5.75 Å². The van der Waals surface area contributed by atoms with Gasteiger partial charge in [0, 0.05) is 15.8 Å². The largest absolute Gasteiger partial charge is 0.484 e. The van der Waals surface area contributed by atoms with Gasteiger partial charge in [0.1, 0.15) is 22.3 Å². The molecule has 0 spiro atoms. The highest BCUT2D eigenvalue weighted by Gasteiger charge is 2.18. The summed E-state index contributed by atoms with van der Waals surface area (Å²) in [6, 6.07) is 8.68. The molecule has 0 aliphatic carbocycles. The monoisotopic (exact) mass is 503 g/mol. The Labute approximate surface area is 194 Å². The lowest BCUT2D eigenvalue weighted by molar-refractivity contribution is -0.119. The highest BCUT2D eigenvalue weighted by atomic mass is 35.5. The van der Waals surface area contributed by atoms with Gasteiger partial charge < -0.3 is 10.1 Å². The second-order valence-electron chi connectivity index (χ2n) is 6.00. The number of ether oxygens (including phenoxy) is 1. The van der Waals surface area contributed by atoms with Crippen LogP contribution < -0.4 is 20.9 Å². The number of carbonyl (C=O) groups is 3. The first-order valence-electron chi connectivity index (χ1n) is 8.53. The lowest BCUT2D eigenvalue weighted by atomic mass is 10.2. The number of benzene rings is 2. The van der Waals surface area contributed by atoms with Crippen molar-refractivity contribution in [1.29, 1.82) is 0 Å². The van der Waals surface area contributed by atoms with Crippen molar-refractivity contribution < 1.29 is 23.5 Å². The van der Waals surface area contributed by atoms with E-state index in [1.54, 1.807) is 18.2 Å². The molecule has 0 aliphatic rings. The summed E-state index contributed by atoms with van der Waals surface area (Å²) < 4.78 is 19.3. The minimum absolute atomic E-state index is 0.110. The first-order chi connectivity index (χ1) is 14.8. The maximum atomic E-state index is 13.2. The van der Waals surface area contributed by atoms with Crippen LogP contribution >= 0.6 is 46.1 Å². The van der Waals surface area contributed by atoms with Crippen LogP contribution in [0.4, 0.5) is 10.1 Å². The smallest absolute Gasteiger partial charge is 0.281 e. The number of hydrogen-bond acceptors (Lipinski definition) is 5. The number of hydrogen-bond donors (Lipinski definition) is 3. The van der Waals surface area contributed by atoms with Gasteiger partial charge in [-0.15, -0.1) is 22.9 Å². The van der Waals surface area contributed by atoms with Crippen molar-refractivity contribution in [3.63, 3.8) is 0 Å². The Morgan fingerprint density at radius 2 is 1.81 bits per heavy atom. The SMILES string of the molecule is O=C(CCl)NNC(=O)c1sc2cc(OCC(=O)Nc3ccc(F)c(Cl)c3)ccc2c1Cl. The molecule has 3 N–H and O–H groups in total. The topological polar surface area (TPSA) is 96.5 Å². The molecule has 12 heteroatoms. The quantitative estimate of drug-likeness (QED) is 0.343. The Balaban J connectivity index is 1.65. The summed E-state index contributed by atoms with van der Waals surface area (Å²) in [6.07, 6.45) is 0. The van der Waals surface area contributed by atoms with Crippen molar-refractivity contribution >= 4 is 79.6 Å². The summed E-state index contributed by atoms with van der Waals surface area (Å²) >= 11 is 18.4. The summed E-state index contributed by atoms with van der Waals surface area (Å²) in [7, 11) is 0. The van der Waals surface area contributed by atoms with Gasteiger partial charge in [0.25, 0.3) is 17.7 Å². The van der Waals surface area contributed by atoms with Gasteiger partial charge >= 0.3 is 0 Å². The molecule has 3 aromatic rings. The van der Waals surface area contributed by atoms with E-state index in [0.717, 1.165) is 17.4 Å². The molecule has 0 aliphatic heterocycles. The van der Waals surface area contributed by atoms with Crippen molar-refractivity contribution in [2.75, 3.05) is 17.8 Å². The molecule has 3 rings (SSSR count). The zero-order valence-electron chi connectivity index (χ0n) is 15.4. The molecule has 0 saturated heterocycles. The number of carbonyl (C=O) groups excluding carboxylic acids is 3. The van der Waals surface area contributed by atoms with Crippen LogP contribution in [0.2, 0.25) is 10.0 Å². The van der Waals surface area contributed by atoms with Crippen molar-refractivity contribution in [2.45, 2.75) is 0 Å². The van der Waals surface area contributed by atoms with Crippen molar-refractivity contribution in [1.82, 2.24) is 10.9 Å². The molecule has 1 aromatic heterocycles. The standard InChI is InChI=1S/C19H13Cl3FN3O4S/c20-7-15(27)25-26-19(29)18-17(22)11-3-2-10(6-14(11)31-18)30-8-16(28)24-9-1-4-13(23)12(21)5-9/h1-6H,7-8H2,(H,24,28)(H,25,27)(H,26,29). The molecule has 7 nitrogen and oxygen atoms in total. The van der Waals surface area contributed by atoms with Crippen molar-refractivity contribution in [3.05, 3.63) is 57.1 Å². The fraction of sp³-hybridized carbons (Fsp3) is 0.105. The predicted octanol–water partition coefficient (Wildman–Crippen LogP) is 4.36. The first-order valence-corrected chi connectivity index (χ1v) is 10.6. The van der Waals surface area contributed by atoms with E-state index in [-0.39, 0.29) is 27.4 Å². The number of nitrogens with one attached hydrogen (secondary N) is 3. The third-order valence-corrected chi connectivity index (χ3v) is 6.01. The number of halogens is 4. The Morgan fingerprint density at radius 1 is 1.03 bits per heavy atom. The summed E-state index contributed by atoms with van der Waals surface area (Å²) in [5.41, 5.74) is 4.71. The maximum Gasteiger partial charge on any atom is 0.281 e. The molecule has 0 bridgehead atoms. The lowest BCUT2D eigenvalue weighted by Crippen LogP contribution is -2.42. The molecular weight excluding hydrogens is 492 g/mol. The zero-order valence-corrected chi connectivity index (χ0v) is 18.5. The minimum Gasteiger partial charge on any atom is -0.484 e. The van der Waals surface area contributed by atoms with E-state index in [9.17, 15) is 18.8 Å². The molecule has 31 heavy (non-hydrogen) atoms. The van der Waals surface area contributed by atoms with Crippen LogP contribution in [0.25, 0.3) is 10.1 Å². The fourth-order valence-corrected chi connectivity index (χ4v) is 4.11. The van der Waals surface area contributed by atoms with E-state index in [0.29, 0.717) is 21.5 Å². The Bertz CT molecular complexity index is 1170. The fourth-order valence-electron chi connectivity index (χ4n) is 2.42. The van der Waals surface area contributed by atoms with E-state index < -0.39 is 23.5 Å². The van der Waals surface area contributed by atoms with E-state index in [2.05, 4.69) is 16.2 Å². The molecule has 0 saturated carbocycles. The van der Waals surface area contributed by atoms with E-state index in [4.69, 9.17) is 39.5 Å². The van der Waals surface area contributed by atoms with Crippen LogP contribution in [-0.2, 0) is 9.59 Å². The molecule has 3 amide bonds. The highest BCUT2D eigenvalue weighted by Crippen LogP contribution is 2.37. The second kappa shape index (κ2) is 10.1. The van der Waals surface area contributed by atoms with Crippen molar-refractivity contribution in [3.8, 4) is 5.75 Å². The maximum absolute atomic E-state index is 13.2. The Kier molecular flexibility index (Phi) is 7.55. The van der Waals surface area contributed by atoms with E-state index in [1.807, 2.05) is 0 Å². The van der Waals surface area contributed by atoms with Crippen molar-refractivity contribution in [2.24, 2.45) is 0 Å². The molecule has 2 aromatic carbocycles. The minimum atomic E-state index is -0.593. The van der Waals surface area contributed by atoms with Crippen LogP contribution in [0.1, 0.15) is 9.67 Å². The van der Waals surface area contributed by atoms with E-state index >= 15 is 0 Å². The molecule has 0 fully saturated rings. The van der Waals surface area contributed by atoms with Crippen LogP contribution in [0.3, 0.4) is 0 Å². The zero-order chi connectivity index (χ0) is 22.5. The average molecular weight is 505 g/mol. The molecule has 1 heterocycles. The summed E-state index contributed by atoms with van der Waals surface area (Å²) in [5.74, 6) is -2.15. The Morgan fingerprint density at radius 3 is 2.52 bits per heavy atom. The third kappa shape index (κ3) is 5.76. The number of thiophene rings is 1. The predicted molar refractivity (Wildman–Crippen MR) is 119 cm³/mol. The molecule has 0 unspecified atom stereocenters. The molecule has 162 valence electrons. The van der Waals surface area contributed by atoms with Gasteiger partial charge in [-0.25, -0.2) is 4.39 Å². The summed E-state index contributed by atoms with van der Waals surface area (Å²) in [5, 5.41) is 3.26. The number of rotatable bonds is 6. The summed E-state index contributed by atoms with van der Waals surface area (Å²) in [4.78, 5) is 35.6. The number of hydrazine groups is 1. The average Bonchev–Trinajstić information content (AvgIpc) is 3.08. The van der Waals surface area contributed by atoms with Crippen LogP contribution in [-0.4, -0.2) is 30.2 Å². The van der Waals surface area contributed by atoms with Gasteiger partial charge in [0.15, 0.2) is 6.61 Å². The van der Waals surface area contributed by atoms with Gasteiger partial charge in [-0.3, -0.25) is 25.2 Å². The number of fused-ring (bicyclic) bond motifs is 1. The lowest BCUT2D eigenvalue weighted by Gasteiger charge is -2.08. The van der Waals surface area contributed by atoms with Gasteiger partial charge in [0.2, 0.25) is 0 Å². The highest BCUT2D eigenvalue weighted by molar-refractivity contribution is 7.21.